The van der Waals surface area contributed by atoms with Gasteiger partial charge in [-0.25, -0.2) is 0 Å². The predicted octanol–water partition coefficient (Wildman–Crippen LogP) is 5.27. The molecule has 3 saturated carbocycles. The van der Waals surface area contributed by atoms with Crippen LogP contribution in [-0.2, 0) is 4.74 Å². The lowest BCUT2D eigenvalue weighted by Gasteiger charge is -2.45. The number of halogens is 3. The Labute approximate surface area is 207 Å². The van der Waals surface area contributed by atoms with Gasteiger partial charge in [0.05, 0.1) is 18.8 Å². The summed E-state index contributed by atoms with van der Waals surface area (Å²) in [5.41, 5.74) is 3.21. The van der Waals surface area contributed by atoms with E-state index in [2.05, 4.69) is 32.6 Å². The molecule has 0 bridgehead atoms. The molecule has 0 amide bonds. The maximum absolute atomic E-state index is 13.2. The van der Waals surface area contributed by atoms with E-state index in [4.69, 9.17) is 4.74 Å². The number of aliphatic hydroxyl groups is 2. The van der Waals surface area contributed by atoms with Gasteiger partial charge in [0.25, 0.3) is 0 Å². The number of hydrogen-bond donors (Lipinski definition) is 2. The molecule has 4 nitrogen and oxygen atoms in total. The SMILES string of the molecule is C=C1/C(=C\C=C2/CCC[C@]3(C)[C@@H]([C@H](C)CN4CCOC(C(F)(F)F)C4)CC[C@@H]23)C[C@@H](O)[C@H](C)[C@@H]1O. The third-order valence-electron chi connectivity index (χ3n) is 9.59. The lowest BCUT2D eigenvalue weighted by Crippen LogP contribution is -2.51. The molecule has 0 aromatic carbocycles. The summed E-state index contributed by atoms with van der Waals surface area (Å²) >= 11 is 0. The highest BCUT2D eigenvalue weighted by atomic mass is 19.4. The van der Waals surface area contributed by atoms with Crippen LogP contribution in [0.5, 0.6) is 0 Å². The van der Waals surface area contributed by atoms with E-state index in [0.29, 0.717) is 42.8 Å². The van der Waals surface area contributed by atoms with Crippen molar-refractivity contribution >= 4 is 0 Å². The molecule has 0 radical (unpaired) electrons. The van der Waals surface area contributed by atoms with Crippen LogP contribution >= 0.6 is 0 Å². The van der Waals surface area contributed by atoms with Crippen LogP contribution in [0, 0.1) is 29.1 Å². The number of hydrogen-bond acceptors (Lipinski definition) is 4. The van der Waals surface area contributed by atoms with Crippen LogP contribution in [0.4, 0.5) is 13.2 Å². The fraction of sp³-hybridized carbons (Fsp3) is 0.786. The minimum atomic E-state index is -4.31. The largest absolute Gasteiger partial charge is 0.415 e. The van der Waals surface area contributed by atoms with Gasteiger partial charge in [0.2, 0.25) is 0 Å². The molecule has 4 fully saturated rings. The van der Waals surface area contributed by atoms with Crippen molar-refractivity contribution in [2.75, 3.05) is 26.2 Å². The van der Waals surface area contributed by atoms with Crippen molar-refractivity contribution in [2.24, 2.45) is 29.1 Å². The Kier molecular flexibility index (Phi) is 7.92. The number of allylic oxidation sites excluding steroid dienone is 3. The first-order chi connectivity index (χ1) is 16.4. The predicted molar refractivity (Wildman–Crippen MR) is 131 cm³/mol. The Morgan fingerprint density at radius 3 is 2.71 bits per heavy atom. The van der Waals surface area contributed by atoms with Crippen LogP contribution in [0.15, 0.2) is 35.5 Å². The number of morpholine rings is 1. The Hall–Kier alpha value is -1.15. The standard InChI is InChI=1S/C28H42F3NO3/c1-17(15-32-12-13-35-25(16-32)28(29,30)31)22-9-10-23-20(6-5-11-27(22,23)4)7-8-21-14-24(33)19(3)26(34)18(21)2/h7-8,17,19,22-26,33-34H,2,5-6,9-16H2,1,3-4H3/b20-7+,21-8-/t17-,19+,22-,23+,24-,25?,26-,27-/m1/s1. The zero-order chi connectivity index (χ0) is 25.5. The highest BCUT2D eigenvalue weighted by Gasteiger charge is 2.51. The number of fused-ring (bicyclic) bond motifs is 1. The van der Waals surface area contributed by atoms with Gasteiger partial charge in [-0.3, -0.25) is 4.90 Å². The summed E-state index contributed by atoms with van der Waals surface area (Å²) in [6, 6.07) is 0. The molecule has 0 aromatic rings. The number of ether oxygens (including phenoxy) is 1. The maximum Gasteiger partial charge on any atom is 0.415 e. The second kappa shape index (κ2) is 10.3. The molecule has 0 spiro atoms. The van der Waals surface area contributed by atoms with Gasteiger partial charge in [0.15, 0.2) is 6.10 Å². The molecule has 198 valence electrons. The van der Waals surface area contributed by atoms with Crippen LogP contribution in [0.3, 0.4) is 0 Å². The van der Waals surface area contributed by atoms with Crippen LogP contribution in [-0.4, -0.2) is 65.8 Å². The van der Waals surface area contributed by atoms with Gasteiger partial charge in [0, 0.05) is 25.6 Å². The minimum Gasteiger partial charge on any atom is -0.392 e. The van der Waals surface area contributed by atoms with Crippen molar-refractivity contribution in [3.8, 4) is 0 Å². The molecule has 1 unspecified atom stereocenters. The van der Waals surface area contributed by atoms with Gasteiger partial charge in [-0.2, -0.15) is 13.2 Å². The van der Waals surface area contributed by atoms with E-state index < -0.39 is 24.5 Å². The molecular formula is C28H42F3NO3. The lowest BCUT2D eigenvalue weighted by atomic mass is 9.61. The summed E-state index contributed by atoms with van der Waals surface area (Å²) in [4.78, 5) is 1.94. The molecule has 1 heterocycles. The lowest BCUT2D eigenvalue weighted by molar-refractivity contribution is -0.238. The Morgan fingerprint density at radius 1 is 1.26 bits per heavy atom. The first kappa shape index (κ1) is 26.9. The van der Waals surface area contributed by atoms with E-state index in [9.17, 15) is 23.4 Å². The quantitative estimate of drug-likeness (QED) is 0.556. The van der Waals surface area contributed by atoms with E-state index in [1.54, 1.807) is 0 Å². The first-order valence-electron chi connectivity index (χ1n) is 13.3. The molecule has 7 heteroatoms. The topological polar surface area (TPSA) is 52.9 Å². The summed E-state index contributed by atoms with van der Waals surface area (Å²) in [6.07, 6.45) is 3.04. The fourth-order valence-electron chi connectivity index (χ4n) is 7.46. The summed E-state index contributed by atoms with van der Waals surface area (Å²) < 4.78 is 44.5. The van der Waals surface area contributed by atoms with E-state index in [1.807, 2.05) is 11.8 Å². The van der Waals surface area contributed by atoms with Gasteiger partial charge in [-0.1, -0.05) is 45.1 Å². The molecule has 1 saturated heterocycles. The number of alkyl halides is 3. The van der Waals surface area contributed by atoms with Gasteiger partial charge >= 0.3 is 6.18 Å². The normalized spacial score (nSPS) is 42.5. The molecule has 4 aliphatic rings. The summed E-state index contributed by atoms with van der Waals surface area (Å²) in [6.45, 7) is 11.8. The maximum atomic E-state index is 13.2. The van der Waals surface area contributed by atoms with Crippen molar-refractivity contribution in [2.45, 2.75) is 83.8 Å². The smallest absolute Gasteiger partial charge is 0.392 e. The number of nitrogens with zero attached hydrogens (tertiary/aromatic N) is 1. The van der Waals surface area contributed by atoms with Crippen molar-refractivity contribution in [3.05, 3.63) is 35.5 Å². The van der Waals surface area contributed by atoms with E-state index in [-0.39, 0.29) is 24.5 Å². The first-order valence-corrected chi connectivity index (χ1v) is 13.3. The summed E-state index contributed by atoms with van der Waals surface area (Å²) in [5, 5.41) is 20.7. The van der Waals surface area contributed by atoms with Crippen molar-refractivity contribution in [3.63, 3.8) is 0 Å². The number of rotatable bonds is 4. The number of aliphatic hydroxyl groups excluding tert-OH is 2. The van der Waals surface area contributed by atoms with Crippen molar-refractivity contribution in [1.82, 2.24) is 4.90 Å². The summed E-state index contributed by atoms with van der Waals surface area (Å²) in [7, 11) is 0. The second-order valence-corrected chi connectivity index (χ2v) is 11.8. The zero-order valence-electron chi connectivity index (χ0n) is 21.4. The molecule has 8 atom stereocenters. The molecule has 0 aromatic heterocycles. The minimum absolute atomic E-state index is 0.0698. The highest BCUT2D eigenvalue weighted by molar-refractivity contribution is 5.39. The fourth-order valence-corrected chi connectivity index (χ4v) is 7.46. The van der Waals surface area contributed by atoms with E-state index >= 15 is 0 Å². The zero-order valence-corrected chi connectivity index (χ0v) is 21.4. The van der Waals surface area contributed by atoms with Gasteiger partial charge in [-0.05, 0) is 72.8 Å². The Balaban J connectivity index is 1.45. The average Bonchev–Trinajstić information content (AvgIpc) is 3.16. The third kappa shape index (κ3) is 5.43. The molecule has 2 N–H and O–H groups in total. The highest BCUT2D eigenvalue weighted by Crippen LogP contribution is 2.59. The van der Waals surface area contributed by atoms with Crippen LogP contribution in [0.2, 0.25) is 0 Å². The summed E-state index contributed by atoms with van der Waals surface area (Å²) in [5.74, 6) is 1.06. The molecule has 3 aliphatic carbocycles. The average molecular weight is 498 g/mol. The third-order valence-corrected chi connectivity index (χ3v) is 9.59. The van der Waals surface area contributed by atoms with Crippen molar-refractivity contribution < 1.29 is 28.1 Å². The van der Waals surface area contributed by atoms with Gasteiger partial charge in [0.1, 0.15) is 0 Å². The van der Waals surface area contributed by atoms with Crippen LogP contribution in [0.1, 0.15) is 59.3 Å². The molecule has 1 aliphatic heterocycles. The Morgan fingerprint density at radius 2 is 2.00 bits per heavy atom. The second-order valence-electron chi connectivity index (χ2n) is 11.8. The molecular weight excluding hydrogens is 455 g/mol. The van der Waals surface area contributed by atoms with E-state index in [0.717, 1.165) is 37.7 Å². The molecule has 35 heavy (non-hydrogen) atoms. The Bertz CT molecular complexity index is 853. The van der Waals surface area contributed by atoms with Crippen LogP contribution in [0.25, 0.3) is 0 Å². The van der Waals surface area contributed by atoms with Crippen molar-refractivity contribution in [1.29, 1.82) is 0 Å². The van der Waals surface area contributed by atoms with Gasteiger partial charge in [-0.15, -0.1) is 0 Å². The molecule has 4 rings (SSSR count). The van der Waals surface area contributed by atoms with E-state index in [1.165, 1.54) is 5.57 Å². The monoisotopic (exact) mass is 497 g/mol. The van der Waals surface area contributed by atoms with Crippen LogP contribution < -0.4 is 0 Å². The van der Waals surface area contributed by atoms with Gasteiger partial charge < -0.3 is 14.9 Å².